The van der Waals surface area contributed by atoms with E-state index in [1.807, 2.05) is 11.0 Å². The van der Waals surface area contributed by atoms with Crippen molar-refractivity contribution in [3.8, 4) is 0 Å². The third kappa shape index (κ3) is 3.46. The third-order valence-electron chi connectivity index (χ3n) is 5.17. The van der Waals surface area contributed by atoms with Gasteiger partial charge in [-0.25, -0.2) is 0 Å². The van der Waals surface area contributed by atoms with Crippen molar-refractivity contribution in [1.29, 1.82) is 0 Å². The van der Waals surface area contributed by atoms with Crippen LogP contribution in [0.1, 0.15) is 42.3 Å². The van der Waals surface area contributed by atoms with Gasteiger partial charge >= 0.3 is 0 Å². The van der Waals surface area contributed by atoms with Crippen LogP contribution in [-0.2, 0) is 6.42 Å². The SMILES string of the molecule is O=C(Nc1ccc(C(=O)N2CCc3sccc3[C@H]2c2cccs2)cc1)c1ccco1. The molecule has 0 saturated carbocycles. The molecular formula is C23H18N2O3S2. The van der Waals surface area contributed by atoms with Crippen molar-refractivity contribution in [3.05, 3.63) is 98.3 Å². The highest BCUT2D eigenvalue weighted by molar-refractivity contribution is 7.10. The summed E-state index contributed by atoms with van der Waals surface area (Å²) < 4.78 is 5.11. The van der Waals surface area contributed by atoms with E-state index in [2.05, 4.69) is 28.2 Å². The standard InChI is InChI=1S/C23H18N2O3S2/c26-22(18-3-1-12-28-18)24-16-7-5-15(6-8-16)23(27)25-11-9-19-17(10-14-30-19)21(25)20-4-2-13-29-20/h1-8,10,12-14,21H,9,11H2,(H,24,26)/t21-/m0/s1. The second-order valence-electron chi connectivity index (χ2n) is 6.97. The monoisotopic (exact) mass is 434 g/mol. The number of nitrogens with zero attached hydrogens (tertiary/aromatic N) is 1. The number of amides is 2. The van der Waals surface area contributed by atoms with Crippen molar-refractivity contribution in [2.75, 3.05) is 11.9 Å². The van der Waals surface area contributed by atoms with E-state index in [4.69, 9.17) is 4.42 Å². The van der Waals surface area contributed by atoms with Crippen LogP contribution < -0.4 is 5.32 Å². The third-order valence-corrected chi connectivity index (χ3v) is 7.10. The van der Waals surface area contributed by atoms with E-state index < -0.39 is 0 Å². The molecule has 4 aromatic rings. The highest BCUT2D eigenvalue weighted by atomic mass is 32.1. The Morgan fingerprint density at radius 1 is 1.00 bits per heavy atom. The first-order valence-corrected chi connectivity index (χ1v) is 11.3. The van der Waals surface area contributed by atoms with Gasteiger partial charge in [0, 0.05) is 27.5 Å². The zero-order valence-electron chi connectivity index (χ0n) is 15.9. The number of anilines is 1. The summed E-state index contributed by atoms with van der Waals surface area (Å²) in [4.78, 5) is 30.0. The fraction of sp³-hybridized carbons (Fsp3) is 0.130. The highest BCUT2D eigenvalue weighted by Crippen LogP contribution is 2.40. The average molecular weight is 435 g/mol. The molecule has 0 spiro atoms. The maximum Gasteiger partial charge on any atom is 0.291 e. The summed E-state index contributed by atoms with van der Waals surface area (Å²) in [6, 6.07) is 16.5. The number of furan rings is 1. The van der Waals surface area contributed by atoms with E-state index in [9.17, 15) is 9.59 Å². The molecule has 1 atom stereocenters. The van der Waals surface area contributed by atoms with Gasteiger partial charge in [0.05, 0.1) is 12.3 Å². The summed E-state index contributed by atoms with van der Waals surface area (Å²) in [7, 11) is 0. The molecule has 4 heterocycles. The Morgan fingerprint density at radius 2 is 1.87 bits per heavy atom. The van der Waals surface area contributed by atoms with Crippen molar-refractivity contribution < 1.29 is 14.0 Å². The second-order valence-corrected chi connectivity index (χ2v) is 8.95. The molecular weight excluding hydrogens is 416 g/mol. The number of hydrogen-bond acceptors (Lipinski definition) is 5. The average Bonchev–Trinajstić information content (AvgIpc) is 3.55. The number of hydrogen-bond donors (Lipinski definition) is 1. The molecule has 0 unspecified atom stereocenters. The van der Waals surface area contributed by atoms with Crippen molar-refractivity contribution in [2.45, 2.75) is 12.5 Å². The predicted octanol–water partition coefficient (Wildman–Crippen LogP) is 5.44. The lowest BCUT2D eigenvalue weighted by molar-refractivity contribution is 0.0698. The van der Waals surface area contributed by atoms with Gasteiger partial charge in [-0.15, -0.1) is 22.7 Å². The van der Waals surface area contributed by atoms with Gasteiger partial charge in [-0.05, 0) is 71.3 Å². The highest BCUT2D eigenvalue weighted by Gasteiger charge is 2.33. The molecule has 30 heavy (non-hydrogen) atoms. The van der Waals surface area contributed by atoms with E-state index in [1.54, 1.807) is 59.1 Å². The molecule has 0 bridgehead atoms. The second kappa shape index (κ2) is 7.93. The lowest BCUT2D eigenvalue weighted by Gasteiger charge is -2.35. The van der Waals surface area contributed by atoms with E-state index in [0.717, 1.165) is 6.42 Å². The Labute approximate surface area is 181 Å². The molecule has 1 aliphatic heterocycles. The molecule has 5 rings (SSSR count). The fourth-order valence-corrected chi connectivity index (χ4v) is 5.51. The van der Waals surface area contributed by atoms with Crippen molar-refractivity contribution in [1.82, 2.24) is 4.90 Å². The van der Waals surface area contributed by atoms with Gasteiger partial charge < -0.3 is 14.6 Å². The van der Waals surface area contributed by atoms with Gasteiger partial charge in [0.2, 0.25) is 0 Å². The Balaban J connectivity index is 1.38. The first kappa shape index (κ1) is 18.8. The van der Waals surface area contributed by atoms with Gasteiger partial charge in [0.25, 0.3) is 11.8 Å². The Bertz CT molecular complexity index is 1160. The minimum Gasteiger partial charge on any atom is -0.459 e. The Hall–Kier alpha value is -3.16. The summed E-state index contributed by atoms with van der Waals surface area (Å²) in [5.41, 5.74) is 2.44. The summed E-state index contributed by atoms with van der Waals surface area (Å²) in [6.07, 6.45) is 2.33. The summed E-state index contributed by atoms with van der Waals surface area (Å²) in [5.74, 6) is -0.0826. The van der Waals surface area contributed by atoms with Crippen molar-refractivity contribution >= 4 is 40.2 Å². The minimum absolute atomic E-state index is 0.00541. The number of fused-ring (bicyclic) bond motifs is 1. The van der Waals surface area contributed by atoms with Gasteiger partial charge in [0.1, 0.15) is 0 Å². The van der Waals surface area contributed by atoms with Crippen LogP contribution in [0.25, 0.3) is 0 Å². The van der Waals surface area contributed by atoms with Gasteiger partial charge in [-0.3, -0.25) is 9.59 Å². The number of nitrogens with one attached hydrogen (secondary N) is 1. The molecule has 0 aliphatic carbocycles. The van der Waals surface area contributed by atoms with Crippen LogP contribution in [-0.4, -0.2) is 23.3 Å². The van der Waals surface area contributed by atoms with Gasteiger partial charge in [-0.2, -0.15) is 0 Å². The van der Waals surface area contributed by atoms with Crippen LogP contribution in [0.2, 0.25) is 0 Å². The first-order valence-electron chi connectivity index (χ1n) is 9.56. The molecule has 150 valence electrons. The molecule has 7 heteroatoms. The molecule has 0 fully saturated rings. The molecule has 0 radical (unpaired) electrons. The Kier molecular flexibility index (Phi) is 4.98. The maximum atomic E-state index is 13.4. The zero-order chi connectivity index (χ0) is 20.5. The van der Waals surface area contributed by atoms with Crippen LogP contribution in [0, 0.1) is 0 Å². The lowest BCUT2D eigenvalue weighted by atomic mass is 9.97. The number of benzene rings is 1. The molecule has 0 saturated heterocycles. The molecule has 1 N–H and O–H groups in total. The minimum atomic E-state index is -0.321. The summed E-state index contributed by atoms with van der Waals surface area (Å²) in [5, 5.41) is 6.93. The molecule has 5 nitrogen and oxygen atoms in total. The zero-order valence-corrected chi connectivity index (χ0v) is 17.5. The number of thiophene rings is 2. The summed E-state index contributed by atoms with van der Waals surface area (Å²) >= 11 is 3.44. The van der Waals surface area contributed by atoms with E-state index in [-0.39, 0.29) is 23.6 Å². The maximum absolute atomic E-state index is 13.4. The summed E-state index contributed by atoms with van der Waals surface area (Å²) in [6.45, 7) is 0.686. The topological polar surface area (TPSA) is 62.6 Å². The van der Waals surface area contributed by atoms with Crippen LogP contribution in [0.15, 0.2) is 76.0 Å². The lowest BCUT2D eigenvalue weighted by Crippen LogP contribution is -2.39. The van der Waals surface area contributed by atoms with Gasteiger partial charge in [-0.1, -0.05) is 6.07 Å². The normalized spacial score (nSPS) is 15.6. The molecule has 3 aromatic heterocycles. The molecule has 1 aromatic carbocycles. The largest absolute Gasteiger partial charge is 0.459 e. The number of carbonyl (C=O) groups excluding carboxylic acids is 2. The predicted molar refractivity (Wildman–Crippen MR) is 118 cm³/mol. The number of rotatable bonds is 4. The smallest absolute Gasteiger partial charge is 0.291 e. The Morgan fingerprint density at radius 3 is 2.60 bits per heavy atom. The van der Waals surface area contributed by atoms with E-state index in [0.29, 0.717) is 17.8 Å². The van der Waals surface area contributed by atoms with Crippen LogP contribution >= 0.6 is 22.7 Å². The van der Waals surface area contributed by atoms with Crippen LogP contribution in [0.5, 0.6) is 0 Å². The van der Waals surface area contributed by atoms with E-state index >= 15 is 0 Å². The molecule has 2 amide bonds. The molecule has 1 aliphatic rings. The van der Waals surface area contributed by atoms with Crippen molar-refractivity contribution in [2.24, 2.45) is 0 Å². The van der Waals surface area contributed by atoms with Crippen molar-refractivity contribution in [3.63, 3.8) is 0 Å². The van der Waals surface area contributed by atoms with Crippen LogP contribution in [0.3, 0.4) is 0 Å². The van der Waals surface area contributed by atoms with E-state index in [1.165, 1.54) is 21.6 Å². The quantitative estimate of drug-likeness (QED) is 0.465. The van der Waals surface area contributed by atoms with Crippen LogP contribution in [0.4, 0.5) is 5.69 Å². The van der Waals surface area contributed by atoms with Gasteiger partial charge in [0.15, 0.2) is 5.76 Å². The fourth-order valence-electron chi connectivity index (χ4n) is 3.75. The number of carbonyl (C=O) groups is 2. The first-order chi connectivity index (χ1) is 14.7.